The van der Waals surface area contributed by atoms with Crippen LogP contribution in [0.15, 0.2) is 65.1 Å². The van der Waals surface area contributed by atoms with Crippen molar-refractivity contribution in [1.29, 1.82) is 0 Å². The van der Waals surface area contributed by atoms with Gasteiger partial charge in [0.2, 0.25) is 0 Å². The maximum Gasteiger partial charge on any atom is 0.123 e. The van der Waals surface area contributed by atoms with E-state index in [1.54, 1.807) is 0 Å². The van der Waals surface area contributed by atoms with Crippen LogP contribution in [0.3, 0.4) is 0 Å². The molecule has 0 radical (unpaired) electrons. The molecule has 0 spiro atoms. The minimum absolute atomic E-state index is 0.600. The van der Waals surface area contributed by atoms with E-state index in [9.17, 15) is 0 Å². The van der Waals surface area contributed by atoms with E-state index in [1.165, 1.54) is 21.9 Å². The van der Waals surface area contributed by atoms with Crippen LogP contribution in [0.2, 0.25) is 0 Å². The highest BCUT2D eigenvalue weighted by atomic mass is 79.9. The van der Waals surface area contributed by atoms with Gasteiger partial charge in [0.05, 0.1) is 0 Å². The molecule has 0 aliphatic heterocycles. The van der Waals surface area contributed by atoms with Gasteiger partial charge in [-0.3, -0.25) is 0 Å². The summed E-state index contributed by atoms with van der Waals surface area (Å²) < 4.78 is 7.20. The van der Waals surface area contributed by atoms with Crippen LogP contribution in [0, 0.1) is 0 Å². The predicted octanol–water partition coefficient (Wildman–Crippen LogP) is 6.13. The highest BCUT2D eigenvalue weighted by Gasteiger charge is 2.08. The summed E-state index contributed by atoms with van der Waals surface area (Å²) in [6.45, 7) is 2.81. The Hall–Kier alpha value is -1.80. The van der Waals surface area contributed by atoms with Crippen molar-refractivity contribution in [3.05, 3.63) is 76.3 Å². The zero-order chi connectivity index (χ0) is 15.4. The Morgan fingerprint density at radius 3 is 2.45 bits per heavy atom. The molecule has 2 heteroatoms. The summed E-state index contributed by atoms with van der Waals surface area (Å²) in [4.78, 5) is 0. The topological polar surface area (TPSA) is 9.23 Å². The van der Waals surface area contributed by atoms with E-state index >= 15 is 0 Å². The van der Waals surface area contributed by atoms with Gasteiger partial charge in [-0.1, -0.05) is 71.7 Å². The summed E-state index contributed by atoms with van der Waals surface area (Å²) in [5.74, 6) is 1.00. The summed E-state index contributed by atoms with van der Waals surface area (Å²) in [5.41, 5.74) is 2.50. The minimum Gasteiger partial charge on any atom is -0.489 e. The molecular formula is C20H19BrO. The molecule has 0 aliphatic carbocycles. The Balaban J connectivity index is 1.89. The van der Waals surface area contributed by atoms with Crippen LogP contribution in [-0.4, -0.2) is 0 Å². The van der Waals surface area contributed by atoms with Crippen LogP contribution in [0.4, 0.5) is 0 Å². The van der Waals surface area contributed by atoms with E-state index in [0.717, 1.165) is 23.1 Å². The van der Waals surface area contributed by atoms with Crippen LogP contribution in [0.5, 0.6) is 5.75 Å². The molecule has 0 aliphatic rings. The average Bonchev–Trinajstić information content (AvgIpc) is 2.56. The summed E-state index contributed by atoms with van der Waals surface area (Å²) in [5, 5.41) is 2.58. The monoisotopic (exact) mass is 354 g/mol. The van der Waals surface area contributed by atoms with Crippen LogP contribution in [0.1, 0.15) is 24.5 Å². The van der Waals surface area contributed by atoms with E-state index in [2.05, 4.69) is 71.4 Å². The number of benzene rings is 3. The quantitative estimate of drug-likeness (QED) is 0.535. The van der Waals surface area contributed by atoms with Crippen molar-refractivity contribution in [3.8, 4) is 5.75 Å². The molecule has 0 fully saturated rings. The highest BCUT2D eigenvalue weighted by molar-refractivity contribution is 9.10. The van der Waals surface area contributed by atoms with Gasteiger partial charge in [0.1, 0.15) is 12.4 Å². The molecule has 0 amide bonds. The second kappa shape index (κ2) is 6.97. The van der Waals surface area contributed by atoms with E-state index in [-0.39, 0.29) is 0 Å². The average molecular weight is 355 g/mol. The smallest absolute Gasteiger partial charge is 0.123 e. The molecule has 3 rings (SSSR count). The zero-order valence-electron chi connectivity index (χ0n) is 12.7. The van der Waals surface area contributed by atoms with Gasteiger partial charge in [-0.2, -0.15) is 0 Å². The van der Waals surface area contributed by atoms with Crippen molar-refractivity contribution >= 4 is 26.7 Å². The molecule has 22 heavy (non-hydrogen) atoms. The second-order valence-corrected chi connectivity index (χ2v) is 6.34. The number of hydrogen-bond acceptors (Lipinski definition) is 1. The number of rotatable bonds is 5. The Kier molecular flexibility index (Phi) is 4.79. The first-order valence-corrected chi connectivity index (χ1v) is 8.45. The molecule has 0 atom stereocenters. The predicted molar refractivity (Wildman–Crippen MR) is 96.4 cm³/mol. The Bertz CT molecular complexity index is 762. The molecule has 0 saturated carbocycles. The Labute approximate surface area is 140 Å². The first-order valence-electron chi connectivity index (χ1n) is 7.66. The van der Waals surface area contributed by atoms with Gasteiger partial charge in [-0.25, -0.2) is 0 Å². The molecule has 3 aromatic rings. The van der Waals surface area contributed by atoms with Gasteiger partial charge in [0.25, 0.3) is 0 Å². The SMILES string of the molecule is CCCc1c(OCc2ccc(Br)cc2)ccc2ccccc12. The molecule has 0 unspecified atom stereocenters. The lowest BCUT2D eigenvalue weighted by Gasteiger charge is -2.14. The first-order chi connectivity index (χ1) is 10.8. The zero-order valence-corrected chi connectivity index (χ0v) is 14.3. The Morgan fingerprint density at radius 1 is 0.909 bits per heavy atom. The third-order valence-corrected chi connectivity index (χ3v) is 4.33. The normalized spacial score (nSPS) is 10.8. The van der Waals surface area contributed by atoms with Crippen LogP contribution >= 0.6 is 15.9 Å². The molecule has 112 valence electrons. The Morgan fingerprint density at radius 2 is 1.68 bits per heavy atom. The van der Waals surface area contributed by atoms with Crippen molar-refractivity contribution < 1.29 is 4.74 Å². The summed E-state index contributed by atoms with van der Waals surface area (Å²) >= 11 is 3.46. The molecule has 0 heterocycles. The van der Waals surface area contributed by atoms with Crippen molar-refractivity contribution in [2.75, 3.05) is 0 Å². The first kappa shape index (κ1) is 15.1. The lowest BCUT2D eigenvalue weighted by molar-refractivity contribution is 0.303. The maximum absolute atomic E-state index is 6.11. The molecule has 1 nitrogen and oxygen atoms in total. The van der Waals surface area contributed by atoms with Gasteiger partial charge in [-0.05, 0) is 41.0 Å². The summed E-state index contributed by atoms with van der Waals surface area (Å²) in [7, 11) is 0. The van der Waals surface area contributed by atoms with Gasteiger partial charge < -0.3 is 4.74 Å². The number of aryl methyl sites for hydroxylation is 1. The van der Waals surface area contributed by atoms with E-state index in [4.69, 9.17) is 4.74 Å². The number of ether oxygens (including phenoxy) is 1. The third kappa shape index (κ3) is 3.33. The summed E-state index contributed by atoms with van der Waals surface area (Å²) in [6, 6.07) is 21.0. The van der Waals surface area contributed by atoms with E-state index < -0.39 is 0 Å². The molecule has 0 N–H and O–H groups in total. The fourth-order valence-corrected chi connectivity index (χ4v) is 2.97. The largest absolute Gasteiger partial charge is 0.489 e. The van der Waals surface area contributed by atoms with E-state index in [1.807, 2.05) is 12.1 Å². The van der Waals surface area contributed by atoms with Gasteiger partial charge in [0.15, 0.2) is 0 Å². The fourth-order valence-electron chi connectivity index (χ4n) is 2.70. The second-order valence-electron chi connectivity index (χ2n) is 5.43. The molecular weight excluding hydrogens is 336 g/mol. The van der Waals surface area contributed by atoms with Crippen molar-refractivity contribution in [1.82, 2.24) is 0 Å². The molecule has 0 aromatic heterocycles. The molecule has 0 saturated heterocycles. The van der Waals surface area contributed by atoms with E-state index in [0.29, 0.717) is 6.61 Å². The van der Waals surface area contributed by atoms with Gasteiger partial charge >= 0.3 is 0 Å². The van der Waals surface area contributed by atoms with Crippen molar-refractivity contribution in [2.24, 2.45) is 0 Å². The summed E-state index contributed by atoms with van der Waals surface area (Å²) in [6.07, 6.45) is 2.15. The van der Waals surface area contributed by atoms with Crippen LogP contribution < -0.4 is 4.74 Å². The van der Waals surface area contributed by atoms with Crippen molar-refractivity contribution in [3.63, 3.8) is 0 Å². The molecule has 0 bridgehead atoms. The van der Waals surface area contributed by atoms with Crippen molar-refractivity contribution in [2.45, 2.75) is 26.4 Å². The minimum atomic E-state index is 0.600. The lowest BCUT2D eigenvalue weighted by atomic mass is 10.00. The van der Waals surface area contributed by atoms with Crippen LogP contribution in [0.25, 0.3) is 10.8 Å². The lowest BCUT2D eigenvalue weighted by Crippen LogP contribution is -1.99. The standard InChI is InChI=1S/C20H19BrO/c1-2-5-19-18-7-4-3-6-16(18)10-13-20(19)22-14-15-8-11-17(21)12-9-15/h3-4,6-13H,2,5,14H2,1H3. The molecule has 3 aromatic carbocycles. The number of halogens is 1. The van der Waals surface area contributed by atoms with Gasteiger partial charge in [-0.15, -0.1) is 0 Å². The fraction of sp³-hybridized carbons (Fsp3) is 0.200. The number of fused-ring (bicyclic) bond motifs is 1. The van der Waals surface area contributed by atoms with Crippen LogP contribution in [-0.2, 0) is 13.0 Å². The third-order valence-electron chi connectivity index (χ3n) is 3.81. The number of hydrogen-bond donors (Lipinski definition) is 0. The highest BCUT2D eigenvalue weighted by Crippen LogP contribution is 2.30. The van der Waals surface area contributed by atoms with Gasteiger partial charge in [0, 0.05) is 10.0 Å². The maximum atomic E-state index is 6.11.